The fourth-order valence-corrected chi connectivity index (χ4v) is 1.98. The quantitative estimate of drug-likeness (QED) is 0.575. The van der Waals surface area contributed by atoms with Gasteiger partial charge in [0.25, 0.3) is 0 Å². The van der Waals surface area contributed by atoms with Crippen LogP contribution in [0, 0.1) is 5.92 Å². The first-order valence-corrected chi connectivity index (χ1v) is 4.24. The van der Waals surface area contributed by atoms with E-state index in [4.69, 9.17) is 9.84 Å². The standard InChI is InChI=1S/C8H12O4/c9-5-2-1-4(3-6(10)11)7-8(5)12-7/h4-5,7-9H,1-3H2,(H,10,11)/t4-,5+,7-,8+/m0/s1. The van der Waals surface area contributed by atoms with Crippen molar-refractivity contribution in [1.29, 1.82) is 0 Å². The number of aliphatic hydroxyl groups excluding tert-OH is 1. The Balaban J connectivity index is 1.90. The highest BCUT2D eigenvalue weighted by Gasteiger charge is 2.52. The molecule has 1 heterocycles. The number of carbonyl (C=O) groups is 1. The Labute approximate surface area is 70.1 Å². The van der Waals surface area contributed by atoms with E-state index in [1.807, 2.05) is 0 Å². The maximum Gasteiger partial charge on any atom is 0.303 e. The number of epoxide rings is 1. The van der Waals surface area contributed by atoms with Crippen LogP contribution in [-0.2, 0) is 9.53 Å². The Bertz CT molecular complexity index is 203. The van der Waals surface area contributed by atoms with Crippen LogP contribution in [0.25, 0.3) is 0 Å². The third-order valence-corrected chi connectivity index (χ3v) is 2.68. The zero-order valence-corrected chi connectivity index (χ0v) is 6.64. The molecule has 68 valence electrons. The Hall–Kier alpha value is -0.610. The number of rotatable bonds is 2. The average Bonchev–Trinajstić information content (AvgIpc) is 2.73. The van der Waals surface area contributed by atoms with Gasteiger partial charge in [-0.2, -0.15) is 0 Å². The molecule has 1 aliphatic heterocycles. The fourth-order valence-electron chi connectivity index (χ4n) is 1.98. The summed E-state index contributed by atoms with van der Waals surface area (Å²) in [6.07, 6.45) is 1.22. The van der Waals surface area contributed by atoms with Crippen LogP contribution in [0.4, 0.5) is 0 Å². The van der Waals surface area contributed by atoms with Gasteiger partial charge in [0.2, 0.25) is 0 Å². The third-order valence-electron chi connectivity index (χ3n) is 2.68. The lowest BCUT2D eigenvalue weighted by Gasteiger charge is -2.19. The van der Waals surface area contributed by atoms with E-state index < -0.39 is 5.97 Å². The van der Waals surface area contributed by atoms with E-state index in [2.05, 4.69) is 0 Å². The molecule has 1 saturated heterocycles. The summed E-state index contributed by atoms with van der Waals surface area (Å²) in [5.41, 5.74) is 0. The fraction of sp³-hybridized carbons (Fsp3) is 0.875. The molecule has 4 atom stereocenters. The average molecular weight is 172 g/mol. The third kappa shape index (κ3) is 1.32. The normalized spacial score (nSPS) is 45.1. The van der Waals surface area contributed by atoms with Gasteiger partial charge in [-0.05, 0) is 18.8 Å². The molecule has 12 heavy (non-hydrogen) atoms. The van der Waals surface area contributed by atoms with Crippen molar-refractivity contribution in [2.75, 3.05) is 0 Å². The van der Waals surface area contributed by atoms with Crippen molar-refractivity contribution in [3.63, 3.8) is 0 Å². The zero-order chi connectivity index (χ0) is 8.72. The van der Waals surface area contributed by atoms with Crippen LogP contribution in [0.15, 0.2) is 0 Å². The van der Waals surface area contributed by atoms with Gasteiger partial charge in [0, 0.05) is 0 Å². The lowest BCUT2D eigenvalue weighted by atomic mass is 9.85. The van der Waals surface area contributed by atoms with Gasteiger partial charge in [-0.25, -0.2) is 0 Å². The topological polar surface area (TPSA) is 70.1 Å². The van der Waals surface area contributed by atoms with E-state index in [-0.39, 0.29) is 30.7 Å². The summed E-state index contributed by atoms with van der Waals surface area (Å²) in [5, 5.41) is 17.8. The van der Waals surface area contributed by atoms with Crippen molar-refractivity contribution in [1.82, 2.24) is 0 Å². The zero-order valence-electron chi connectivity index (χ0n) is 6.64. The lowest BCUT2D eigenvalue weighted by molar-refractivity contribution is -0.138. The van der Waals surface area contributed by atoms with Gasteiger partial charge >= 0.3 is 5.97 Å². The molecule has 0 amide bonds. The first-order chi connectivity index (χ1) is 5.68. The molecule has 0 unspecified atom stereocenters. The van der Waals surface area contributed by atoms with Crippen LogP contribution in [0.5, 0.6) is 0 Å². The summed E-state index contributed by atoms with van der Waals surface area (Å²) >= 11 is 0. The van der Waals surface area contributed by atoms with Crippen LogP contribution in [-0.4, -0.2) is 34.5 Å². The molecule has 2 rings (SSSR count). The molecule has 2 aliphatic rings. The van der Waals surface area contributed by atoms with Crippen LogP contribution < -0.4 is 0 Å². The first kappa shape index (κ1) is 8.01. The van der Waals surface area contributed by atoms with Crippen LogP contribution in [0.3, 0.4) is 0 Å². The van der Waals surface area contributed by atoms with Crippen LogP contribution >= 0.6 is 0 Å². The molecule has 0 spiro atoms. The largest absolute Gasteiger partial charge is 0.481 e. The molecule has 2 fully saturated rings. The highest BCUT2D eigenvalue weighted by Crippen LogP contribution is 2.42. The maximum atomic E-state index is 10.4. The van der Waals surface area contributed by atoms with Gasteiger partial charge in [-0.1, -0.05) is 0 Å². The van der Waals surface area contributed by atoms with Gasteiger partial charge in [0.15, 0.2) is 0 Å². The monoisotopic (exact) mass is 172 g/mol. The minimum absolute atomic E-state index is 0.0184. The van der Waals surface area contributed by atoms with Gasteiger partial charge < -0.3 is 14.9 Å². The molecule has 4 heteroatoms. The molecular formula is C8H12O4. The second-order valence-electron chi connectivity index (χ2n) is 3.57. The molecule has 1 aliphatic carbocycles. The van der Waals surface area contributed by atoms with Gasteiger partial charge in [0.05, 0.1) is 18.6 Å². The molecular weight excluding hydrogens is 160 g/mol. The summed E-state index contributed by atoms with van der Waals surface area (Å²) in [5.74, 6) is -0.651. The maximum absolute atomic E-state index is 10.4. The molecule has 4 nitrogen and oxygen atoms in total. The number of carboxylic acids is 1. The van der Waals surface area contributed by atoms with Gasteiger partial charge in [0.1, 0.15) is 6.10 Å². The van der Waals surface area contributed by atoms with Crippen molar-refractivity contribution < 1.29 is 19.7 Å². The highest BCUT2D eigenvalue weighted by molar-refractivity contribution is 5.67. The number of aliphatic hydroxyl groups is 1. The summed E-state index contributed by atoms with van der Waals surface area (Å²) < 4.78 is 5.19. The van der Waals surface area contributed by atoms with Crippen molar-refractivity contribution in [2.45, 2.75) is 37.6 Å². The van der Waals surface area contributed by atoms with Crippen molar-refractivity contribution in [3.8, 4) is 0 Å². The first-order valence-electron chi connectivity index (χ1n) is 4.24. The van der Waals surface area contributed by atoms with Crippen molar-refractivity contribution >= 4 is 5.97 Å². The van der Waals surface area contributed by atoms with Crippen LogP contribution in [0.2, 0.25) is 0 Å². The summed E-state index contributed by atoms with van der Waals surface area (Å²) in [6, 6.07) is 0. The summed E-state index contributed by atoms with van der Waals surface area (Å²) in [7, 11) is 0. The Morgan fingerprint density at radius 3 is 2.83 bits per heavy atom. The number of ether oxygens (including phenoxy) is 1. The van der Waals surface area contributed by atoms with E-state index in [9.17, 15) is 9.90 Å². The van der Waals surface area contributed by atoms with Gasteiger partial charge in [-0.15, -0.1) is 0 Å². The van der Waals surface area contributed by atoms with E-state index in [0.717, 1.165) is 6.42 Å². The number of carboxylic acid groups (broad SMARTS) is 1. The summed E-state index contributed by atoms with van der Waals surface area (Å²) in [6.45, 7) is 0. The Morgan fingerprint density at radius 2 is 2.17 bits per heavy atom. The number of aliphatic carboxylic acids is 1. The molecule has 2 N–H and O–H groups in total. The molecule has 0 aromatic carbocycles. The molecule has 0 aromatic rings. The Kier molecular flexibility index (Phi) is 1.81. The minimum Gasteiger partial charge on any atom is -0.481 e. The number of fused-ring (bicyclic) bond motifs is 1. The molecule has 1 saturated carbocycles. The second kappa shape index (κ2) is 2.71. The van der Waals surface area contributed by atoms with Crippen LogP contribution in [0.1, 0.15) is 19.3 Å². The Morgan fingerprint density at radius 1 is 1.42 bits per heavy atom. The van der Waals surface area contributed by atoms with E-state index >= 15 is 0 Å². The minimum atomic E-state index is -0.773. The SMILES string of the molecule is O=C(O)C[C@@H]1CC[C@@H](O)[C@H]2O[C@@H]12. The van der Waals surface area contributed by atoms with Gasteiger partial charge in [-0.3, -0.25) is 4.79 Å². The van der Waals surface area contributed by atoms with Crippen molar-refractivity contribution in [2.24, 2.45) is 5.92 Å². The van der Waals surface area contributed by atoms with Crippen molar-refractivity contribution in [3.05, 3.63) is 0 Å². The predicted molar refractivity (Wildman–Crippen MR) is 39.6 cm³/mol. The second-order valence-corrected chi connectivity index (χ2v) is 3.57. The highest BCUT2D eigenvalue weighted by atomic mass is 16.6. The predicted octanol–water partition coefficient (Wildman–Crippen LogP) is -0.000600. The summed E-state index contributed by atoms with van der Waals surface area (Å²) in [4.78, 5) is 10.4. The van der Waals surface area contributed by atoms with E-state index in [1.165, 1.54) is 0 Å². The smallest absolute Gasteiger partial charge is 0.303 e. The molecule has 0 bridgehead atoms. The van der Waals surface area contributed by atoms with E-state index in [0.29, 0.717) is 6.42 Å². The number of hydrogen-bond donors (Lipinski definition) is 2. The molecule has 0 aromatic heterocycles. The lowest BCUT2D eigenvalue weighted by Crippen LogP contribution is -2.28. The number of hydrogen-bond acceptors (Lipinski definition) is 3. The molecule has 0 radical (unpaired) electrons. The van der Waals surface area contributed by atoms with E-state index in [1.54, 1.807) is 0 Å².